The molecule has 2 aromatic heterocycles. The standard InChI is InChI=1S/C13H12ClN5O/c14-3-4-20-10-1-2-11-12(5-10)15-8-16-13(11)19-9-6-17-18-7-9/h1-2,5-8H,3-4H2,(H,17,18)(H,15,16,19). The molecule has 2 heterocycles. The van der Waals surface area contributed by atoms with Gasteiger partial charge in [0.05, 0.1) is 23.3 Å². The second kappa shape index (κ2) is 5.75. The predicted octanol–water partition coefficient (Wildman–Crippen LogP) is 2.71. The van der Waals surface area contributed by atoms with Crippen LogP contribution in [-0.4, -0.2) is 32.7 Å². The van der Waals surface area contributed by atoms with E-state index in [0.29, 0.717) is 12.5 Å². The van der Waals surface area contributed by atoms with Crippen molar-refractivity contribution in [3.8, 4) is 5.75 Å². The highest BCUT2D eigenvalue weighted by Gasteiger charge is 2.06. The summed E-state index contributed by atoms with van der Waals surface area (Å²) in [6, 6.07) is 5.66. The van der Waals surface area contributed by atoms with Crippen molar-refractivity contribution in [3.63, 3.8) is 0 Å². The normalized spacial score (nSPS) is 10.7. The summed E-state index contributed by atoms with van der Waals surface area (Å²) in [7, 11) is 0. The van der Waals surface area contributed by atoms with Crippen molar-refractivity contribution < 1.29 is 4.74 Å². The molecule has 0 atom stereocenters. The third kappa shape index (κ3) is 2.65. The maximum Gasteiger partial charge on any atom is 0.141 e. The number of anilines is 2. The van der Waals surface area contributed by atoms with E-state index in [0.717, 1.165) is 28.2 Å². The number of H-pyrrole nitrogens is 1. The van der Waals surface area contributed by atoms with Gasteiger partial charge in [-0.25, -0.2) is 9.97 Å². The number of aromatic amines is 1. The molecular weight excluding hydrogens is 278 g/mol. The van der Waals surface area contributed by atoms with Crippen molar-refractivity contribution in [2.45, 2.75) is 0 Å². The van der Waals surface area contributed by atoms with Gasteiger partial charge in [-0.15, -0.1) is 11.6 Å². The number of benzene rings is 1. The lowest BCUT2D eigenvalue weighted by Crippen LogP contribution is -1.99. The fraction of sp³-hybridized carbons (Fsp3) is 0.154. The zero-order valence-corrected chi connectivity index (χ0v) is 11.3. The van der Waals surface area contributed by atoms with Crippen LogP contribution in [0.2, 0.25) is 0 Å². The van der Waals surface area contributed by atoms with Crippen LogP contribution in [0.3, 0.4) is 0 Å². The Morgan fingerprint density at radius 1 is 1.30 bits per heavy atom. The number of alkyl halides is 1. The Morgan fingerprint density at radius 2 is 2.25 bits per heavy atom. The summed E-state index contributed by atoms with van der Waals surface area (Å²) in [5, 5.41) is 10.7. The number of hydrogen-bond acceptors (Lipinski definition) is 5. The number of nitrogens with one attached hydrogen (secondary N) is 2. The minimum Gasteiger partial charge on any atom is -0.492 e. The Hall–Kier alpha value is -2.34. The summed E-state index contributed by atoms with van der Waals surface area (Å²) in [6.07, 6.45) is 4.95. The highest BCUT2D eigenvalue weighted by molar-refractivity contribution is 6.18. The Kier molecular flexibility index (Phi) is 3.64. The predicted molar refractivity (Wildman–Crippen MR) is 77.6 cm³/mol. The van der Waals surface area contributed by atoms with Crippen molar-refractivity contribution in [1.29, 1.82) is 0 Å². The van der Waals surface area contributed by atoms with Gasteiger partial charge in [-0.1, -0.05) is 0 Å². The third-order valence-corrected chi connectivity index (χ3v) is 2.87. The number of ether oxygens (including phenoxy) is 1. The van der Waals surface area contributed by atoms with Crippen LogP contribution in [0.4, 0.5) is 11.5 Å². The number of rotatable bonds is 5. The molecule has 0 aliphatic rings. The molecule has 0 saturated heterocycles. The number of nitrogens with zero attached hydrogens (tertiary/aromatic N) is 3. The Balaban J connectivity index is 1.93. The van der Waals surface area contributed by atoms with Crippen molar-refractivity contribution in [2.75, 3.05) is 17.8 Å². The second-order valence-corrected chi connectivity index (χ2v) is 4.43. The molecular formula is C13H12ClN5O. The van der Waals surface area contributed by atoms with Crippen LogP contribution in [0.25, 0.3) is 10.9 Å². The molecule has 3 aromatic rings. The van der Waals surface area contributed by atoms with Gasteiger partial charge < -0.3 is 10.1 Å². The first kappa shape index (κ1) is 12.7. The summed E-state index contributed by atoms with van der Waals surface area (Å²) >= 11 is 5.60. The van der Waals surface area contributed by atoms with E-state index in [1.165, 1.54) is 6.33 Å². The molecule has 0 fully saturated rings. The topological polar surface area (TPSA) is 75.7 Å². The smallest absolute Gasteiger partial charge is 0.141 e. The van der Waals surface area contributed by atoms with Gasteiger partial charge in [0.2, 0.25) is 0 Å². The van der Waals surface area contributed by atoms with Gasteiger partial charge in [0, 0.05) is 17.6 Å². The summed E-state index contributed by atoms with van der Waals surface area (Å²) in [6.45, 7) is 0.471. The van der Waals surface area contributed by atoms with Crippen LogP contribution in [-0.2, 0) is 0 Å². The first-order chi connectivity index (χ1) is 9.86. The number of fused-ring (bicyclic) bond motifs is 1. The van der Waals surface area contributed by atoms with Crippen molar-refractivity contribution in [2.24, 2.45) is 0 Å². The molecule has 3 rings (SSSR count). The van der Waals surface area contributed by atoms with E-state index in [9.17, 15) is 0 Å². The molecule has 0 unspecified atom stereocenters. The van der Waals surface area contributed by atoms with Crippen LogP contribution in [0, 0.1) is 0 Å². The third-order valence-electron chi connectivity index (χ3n) is 2.71. The molecule has 0 saturated carbocycles. The molecule has 20 heavy (non-hydrogen) atoms. The summed E-state index contributed by atoms with van der Waals surface area (Å²) in [5.74, 6) is 1.92. The van der Waals surface area contributed by atoms with Crippen LogP contribution in [0.5, 0.6) is 5.75 Å². The molecule has 0 radical (unpaired) electrons. The monoisotopic (exact) mass is 289 g/mol. The molecule has 0 spiro atoms. The first-order valence-electron chi connectivity index (χ1n) is 6.06. The van der Waals surface area contributed by atoms with E-state index in [4.69, 9.17) is 16.3 Å². The molecule has 102 valence electrons. The summed E-state index contributed by atoms with van der Waals surface area (Å²) < 4.78 is 5.48. The number of halogens is 1. The van der Waals surface area contributed by atoms with Gasteiger partial charge in [0.25, 0.3) is 0 Å². The van der Waals surface area contributed by atoms with E-state index in [2.05, 4.69) is 25.5 Å². The molecule has 6 nitrogen and oxygen atoms in total. The molecule has 0 aliphatic carbocycles. The van der Waals surface area contributed by atoms with E-state index in [1.54, 1.807) is 12.4 Å². The van der Waals surface area contributed by atoms with Crippen molar-refractivity contribution in [3.05, 3.63) is 36.9 Å². The Labute approximate surface area is 120 Å². The number of hydrogen-bond donors (Lipinski definition) is 2. The van der Waals surface area contributed by atoms with Gasteiger partial charge in [-0.05, 0) is 12.1 Å². The fourth-order valence-electron chi connectivity index (χ4n) is 1.84. The highest BCUT2D eigenvalue weighted by Crippen LogP contribution is 2.25. The molecule has 2 N–H and O–H groups in total. The second-order valence-electron chi connectivity index (χ2n) is 4.05. The largest absolute Gasteiger partial charge is 0.492 e. The quantitative estimate of drug-likeness (QED) is 0.706. The minimum atomic E-state index is 0.453. The Bertz CT molecular complexity index is 701. The lowest BCUT2D eigenvalue weighted by molar-refractivity contribution is 0.343. The number of aromatic nitrogens is 4. The zero-order valence-electron chi connectivity index (χ0n) is 10.5. The zero-order chi connectivity index (χ0) is 13.8. The maximum atomic E-state index is 5.60. The first-order valence-corrected chi connectivity index (χ1v) is 6.59. The molecule has 7 heteroatoms. The van der Waals surface area contributed by atoms with Crippen LogP contribution in [0.15, 0.2) is 36.9 Å². The molecule has 0 bridgehead atoms. The maximum absolute atomic E-state index is 5.60. The van der Waals surface area contributed by atoms with Crippen LogP contribution in [0.1, 0.15) is 0 Å². The van der Waals surface area contributed by atoms with E-state index in [1.807, 2.05) is 18.2 Å². The van der Waals surface area contributed by atoms with Gasteiger partial charge in [-0.3, -0.25) is 5.10 Å². The van der Waals surface area contributed by atoms with E-state index in [-0.39, 0.29) is 0 Å². The SMILES string of the molecule is ClCCOc1ccc2c(Nc3cn[nH]c3)ncnc2c1. The van der Waals surface area contributed by atoms with Crippen molar-refractivity contribution >= 4 is 34.0 Å². The molecule has 1 aromatic carbocycles. The molecule has 0 aliphatic heterocycles. The van der Waals surface area contributed by atoms with E-state index < -0.39 is 0 Å². The van der Waals surface area contributed by atoms with Gasteiger partial charge >= 0.3 is 0 Å². The van der Waals surface area contributed by atoms with Gasteiger partial charge in [0.1, 0.15) is 24.5 Å². The summed E-state index contributed by atoms with van der Waals surface area (Å²) in [4.78, 5) is 8.50. The minimum absolute atomic E-state index is 0.453. The van der Waals surface area contributed by atoms with Crippen LogP contribution >= 0.6 is 11.6 Å². The molecule has 0 amide bonds. The average molecular weight is 290 g/mol. The fourth-order valence-corrected chi connectivity index (χ4v) is 1.92. The van der Waals surface area contributed by atoms with E-state index >= 15 is 0 Å². The van der Waals surface area contributed by atoms with Crippen LogP contribution < -0.4 is 10.1 Å². The van der Waals surface area contributed by atoms with Gasteiger partial charge in [-0.2, -0.15) is 5.10 Å². The van der Waals surface area contributed by atoms with Gasteiger partial charge in [0.15, 0.2) is 0 Å². The Morgan fingerprint density at radius 3 is 3.05 bits per heavy atom. The summed E-state index contributed by atoms with van der Waals surface area (Å²) in [5.41, 5.74) is 1.64. The lowest BCUT2D eigenvalue weighted by atomic mass is 10.2. The highest BCUT2D eigenvalue weighted by atomic mass is 35.5. The lowest BCUT2D eigenvalue weighted by Gasteiger charge is -2.08. The average Bonchev–Trinajstić information content (AvgIpc) is 2.98. The van der Waals surface area contributed by atoms with Crippen molar-refractivity contribution in [1.82, 2.24) is 20.2 Å².